The maximum atomic E-state index is 6.38. The minimum absolute atomic E-state index is 0.0679. The third-order valence-corrected chi connectivity index (χ3v) is 4.27. The number of halogens is 1. The van der Waals surface area contributed by atoms with Gasteiger partial charge in [0, 0.05) is 5.56 Å². The topological polar surface area (TPSA) is 39.7 Å². The third kappa shape index (κ3) is 3.44. The van der Waals surface area contributed by atoms with Crippen LogP contribution in [0.5, 0.6) is 11.5 Å². The second kappa shape index (κ2) is 7.34. The zero-order chi connectivity index (χ0) is 15.4. The van der Waals surface area contributed by atoms with E-state index in [2.05, 4.69) is 19.2 Å². The highest BCUT2D eigenvalue weighted by molar-refractivity contribution is 6.33. The van der Waals surface area contributed by atoms with Gasteiger partial charge in [-0.1, -0.05) is 18.5 Å². The monoisotopic (exact) mass is 313 g/mol. The molecule has 5 heteroatoms. The molecule has 1 aliphatic heterocycles. The summed E-state index contributed by atoms with van der Waals surface area (Å²) in [5.74, 6) is 1.28. The molecule has 1 saturated heterocycles. The minimum atomic E-state index is 0.0679. The molecule has 0 bridgehead atoms. The van der Waals surface area contributed by atoms with Crippen LogP contribution in [-0.4, -0.2) is 33.0 Å². The van der Waals surface area contributed by atoms with Crippen LogP contribution in [-0.2, 0) is 4.74 Å². The van der Waals surface area contributed by atoms with Crippen LogP contribution in [0.1, 0.15) is 38.3 Å². The normalized spacial score (nSPS) is 23.1. The molecule has 1 aromatic carbocycles. The summed E-state index contributed by atoms with van der Waals surface area (Å²) in [4.78, 5) is 0. The first-order valence-electron chi connectivity index (χ1n) is 7.41. The van der Waals surface area contributed by atoms with E-state index >= 15 is 0 Å². The summed E-state index contributed by atoms with van der Waals surface area (Å²) in [6.45, 7) is 5.05. The van der Waals surface area contributed by atoms with Crippen molar-refractivity contribution in [1.82, 2.24) is 5.32 Å². The predicted octanol–water partition coefficient (Wildman–Crippen LogP) is 3.58. The van der Waals surface area contributed by atoms with Crippen LogP contribution in [0.25, 0.3) is 0 Å². The van der Waals surface area contributed by atoms with Crippen molar-refractivity contribution in [3.8, 4) is 11.5 Å². The lowest BCUT2D eigenvalue weighted by Gasteiger charge is -2.27. The van der Waals surface area contributed by atoms with Gasteiger partial charge in [0.1, 0.15) is 16.5 Å². The summed E-state index contributed by atoms with van der Waals surface area (Å²) in [7, 11) is 3.23. The number of methoxy groups -OCH3 is 2. The first-order chi connectivity index (χ1) is 10.1. The Bertz CT molecular complexity index is 481. The van der Waals surface area contributed by atoms with Crippen molar-refractivity contribution in [1.29, 1.82) is 0 Å². The van der Waals surface area contributed by atoms with Gasteiger partial charge in [0.05, 0.1) is 32.5 Å². The average molecular weight is 314 g/mol. The van der Waals surface area contributed by atoms with Crippen LogP contribution in [0, 0.1) is 0 Å². The van der Waals surface area contributed by atoms with E-state index in [-0.39, 0.29) is 12.1 Å². The Morgan fingerprint density at radius 3 is 2.62 bits per heavy atom. The van der Waals surface area contributed by atoms with Crippen LogP contribution >= 0.6 is 11.6 Å². The summed E-state index contributed by atoms with van der Waals surface area (Å²) in [5.41, 5.74) is 1.02. The van der Waals surface area contributed by atoms with Crippen LogP contribution in [0.3, 0.4) is 0 Å². The Morgan fingerprint density at radius 2 is 2.10 bits per heavy atom. The number of hydrogen-bond acceptors (Lipinski definition) is 4. The van der Waals surface area contributed by atoms with Gasteiger partial charge in [-0.05, 0) is 38.4 Å². The molecule has 1 heterocycles. The van der Waals surface area contributed by atoms with Crippen LogP contribution in [0.4, 0.5) is 0 Å². The molecule has 0 amide bonds. The van der Waals surface area contributed by atoms with Gasteiger partial charge < -0.3 is 19.5 Å². The highest BCUT2D eigenvalue weighted by Gasteiger charge is 2.32. The lowest BCUT2D eigenvalue weighted by molar-refractivity contribution is 0.0314. The van der Waals surface area contributed by atoms with E-state index in [4.69, 9.17) is 25.8 Å². The number of nitrogens with one attached hydrogen (secondary N) is 1. The predicted molar refractivity (Wildman–Crippen MR) is 84.5 cm³/mol. The van der Waals surface area contributed by atoms with Gasteiger partial charge >= 0.3 is 0 Å². The van der Waals surface area contributed by atoms with E-state index < -0.39 is 0 Å². The van der Waals surface area contributed by atoms with Crippen molar-refractivity contribution < 1.29 is 14.2 Å². The quantitative estimate of drug-likeness (QED) is 0.871. The van der Waals surface area contributed by atoms with E-state index in [0.29, 0.717) is 22.6 Å². The van der Waals surface area contributed by atoms with Gasteiger partial charge in [-0.15, -0.1) is 0 Å². The molecule has 3 unspecified atom stereocenters. The molecule has 21 heavy (non-hydrogen) atoms. The summed E-state index contributed by atoms with van der Waals surface area (Å²) >= 11 is 6.38. The molecular formula is C16H24ClNO3. The molecule has 1 aromatic rings. The van der Waals surface area contributed by atoms with Crippen LogP contribution in [0.15, 0.2) is 12.1 Å². The molecule has 1 N–H and O–H groups in total. The second-order valence-corrected chi connectivity index (χ2v) is 5.68. The molecule has 4 nitrogen and oxygen atoms in total. The fourth-order valence-corrected chi connectivity index (χ4v) is 3.23. The Hall–Kier alpha value is -0.970. The van der Waals surface area contributed by atoms with Crippen molar-refractivity contribution >= 4 is 11.6 Å². The van der Waals surface area contributed by atoms with E-state index in [1.54, 1.807) is 14.2 Å². The zero-order valence-electron chi connectivity index (χ0n) is 13.1. The molecular weight excluding hydrogens is 290 g/mol. The van der Waals surface area contributed by atoms with Crippen LogP contribution < -0.4 is 14.8 Å². The number of likely N-dealkylation sites (N-methyl/N-ethyl adjacent to an activating group) is 1. The fourth-order valence-electron chi connectivity index (χ4n) is 2.90. The summed E-state index contributed by atoms with van der Waals surface area (Å²) in [6.07, 6.45) is 2.55. The lowest BCUT2D eigenvalue weighted by Crippen LogP contribution is -2.32. The van der Waals surface area contributed by atoms with Gasteiger partial charge in [-0.25, -0.2) is 0 Å². The van der Waals surface area contributed by atoms with Crippen LogP contribution in [0.2, 0.25) is 5.02 Å². The van der Waals surface area contributed by atoms with E-state index in [1.165, 1.54) is 0 Å². The third-order valence-electron chi connectivity index (χ3n) is 3.91. The van der Waals surface area contributed by atoms with E-state index in [9.17, 15) is 0 Å². The number of rotatable bonds is 6. The van der Waals surface area contributed by atoms with E-state index in [1.807, 2.05) is 12.1 Å². The van der Waals surface area contributed by atoms with Gasteiger partial charge in [-0.3, -0.25) is 0 Å². The standard InChI is InChI=1S/C16H24ClNO3/c1-5-18-15(13-8-6-10(2)21-13)11-7-9-12(19-3)14(17)16(11)20-4/h7,9-10,13,15,18H,5-6,8H2,1-4H3. The van der Waals surface area contributed by atoms with Gasteiger partial charge in [0.25, 0.3) is 0 Å². The van der Waals surface area contributed by atoms with Crippen molar-refractivity contribution in [2.75, 3.05) is 20.8 Å². The molecule has 2 rings (SSSR count). The first-order valence-corrected chi connectivity index (χ1v) is 7.79. The molecule has 0 aromatic heterocycles. The largest absolute Gasteiger partial charge is 0.495 e. The first kappa shape index (κ1) is 16.4. The highest BCUT2D eigenvalue weighted by atomic mass is 35.5. The Labute approximate surface area is 131 Å². The Kier molecular flexibility index (Phi) is 5.73. The van der Waals surface area contributed by atoms with E-state index in [0.717, 1.165) is 24.9 Å². The maximum Gasteiger partial charge on any atom is 0.146 e. The fraction of sp³-hybridized carbons (Fsp3) is 0.625. The molecule has 0 spiro atoms. The van der Waals surface area contributed by atoms with Gasteiger partial charge in [-0.2, -0.15) is 0 Å². The molecule has 3 atom stereocenters. The zero-order valence-corrected chi connectivity index (χ0v) is 13.9. The van der Waals surface area contributed by atoms with Crippen molar-refractivity contribution in [2.45, 2.75) is 44.9 Å². The van der Waals surface area contributed by atoms with Gasteiger partial charge in [0.2, 0.25) is 0 Å². The maximum absolute atomic E-state index is 6.38. The Balaban J connectivity index is 2.37. The molecule has 0 aliphatic carbocycles. The average Bonchev–Trinajstić information content (AvgIpc) is 2.91. The molecule has 1 fully saturated rings. The van der Waals surface area contributed by atoms with Gasteiger partial charge in [0.15, 0.2) is 0 Å². The number of ether oxygens (including phenoxy) is 3. The highest BCUT2D eigenvalue weighted by Crippen LogP contribution is 2.42. The number of hydrogen-bond donors (Lipinski definition) is 1. The molecule has 0 radical (unpaired) electrons. The smallest absolute Gasteiger partial charge is 0.146 e. The Morgan fingerprint density at radius 1 is 1.33 bits per heavy atom. The summed E-state index contributed by atoms with van der Waals surface area (Å²) < 4.78 is 16.8. The van der Waals surface area contributed by atoms with Crippen molar-refractivity contribution in [2.24, 2.45) is 0 Å². The number of benzene rings is 1. The molecule has 0 saturated carbocycles. The lowest BCUT2D eigenvalue weighted by atomic mass is 9.97. The second-order valence-electron chi connectivity index (χ2n) is 5.30. The van der Waals surface area contributed by atoms with Crippen molar-refractivity contribution in [3.05, 3.63) is 22.7 Å². The SMILES string of the molecule is CCNC(c1ccc(OC)c(Cl)c1OC)C1CCC(C)O1. The summed E-state index contributed by atoms with van der Waals surface area (Å²) in [6, 6.07) is 3.95. The molecule has 118 valence electrons. The summed E-state index contributed by atoms with van der Waals surface area (Å²) in [5, 5.41) is 4.00. The minimum Gasteiger partial charge on any atom is -0.495 e. The molecule has 1 aliphatic rings. The van der Waals surface area contributed by atoms with Crippen molar-refractivity contribution in [3.63, 3.8) is 0 Å².